The molecule has 0 spiro atoms. The number of carbonyl (C=O) groups excluding carboxylic acids is 2. The number of hydrogen-bond acceptors (Lipinski definition) is 7. The second kappa shape index (κ2) is 14.0. The number of rotatable bonds is 11. The Hall–Kier alpha value is -3.14. The largest absolute Gasteiger partial charge is 0.444 e. The van der Waals surface area contributed by atoms with Crippen molar-refractivity contribution in [3.63, 3.8) is 0 Å². The molecule has 0 radical (unpaired) electrons. The third kappa shape index (κ3) is 10.1. The third-order valence-electron chi connectivity index (χ3n) is 6.31. The van der Waals surface area contributed by atoms with Gasteiger partial charge in [-0.1, -0.05) is 60.7 Å². The zero-order chi connectivity index (χ0) is 30.1. The molecule has 9 heteroatoms. The first kappa shape index (κ1) is 33.1. The fourth-order valence-corrected chi connectivity index (χ4v) is 4.28. The zero-order valence-corrected chi connectivity index (χ0v) is 25.1. The maximum Gasteiger partial charge on any atom is 0.413 e. The van der Waals surface area contributed by atoms with Gasteiger partial charge in [-0.15, -0.1) is 0 Å². The number of nitrogens with one attached hydrogen (secondary N) is 1. The van der Waals surface area contributed by atoms with E-state index in [0.29, 0.717) is 6.42 Å². The van der Waals surface area contributed by atoms with Crippen LogP contribution in [-0.4, -0.2) is 64.5 Å². The van der Waals surface area contributed by atoms with E-state index in [9.17, 15) is 14.7 Å². The van der Waals surface area contributed by atoms with Crippen molar-refractivity contribution in [3.05, 3.63) is 71.8 Å². The number of carbonyl (C=O) groups is 2. The first-order chi connectivity index (χ1) is 18.6. The first-order valence-electron chi connectivity index (χ1n) is 13.6. The maximum atomic E-state index is 14.0. The summed E-state index contributed by atoms with van der Waals surface area (Å²) in [5, 5.41) is 14.3. The number of amides is 2. The first-order valence-corrected chi connectivity index (χ1v) is 13.6. The number of ether oxygens (including phenoxy) is 3. The van der Waals surface area contributed by atoms with Crippen LogP contribution in [0.2, 0.25) is 0 Å². The second-order valence-electron chi connectivity index (χ2n) is 12.1. The average Bonchev–Trinajstić information content (AvgIpc) is 2.85. The topological polar surface area (TPSA) is 123 Å². The minimum atomic E-state index is -1.55. The summed E-state index contributed by atoms with van der Waals surface area (Å²) in [7, 11) is 1.49. The number of methoxy groups -OCH3 is 1. The van der Waals surface area contributed by atoms with Crippen LogP contribution in [-0.2, 0) is 27.1 Å². The van der Waals surface area contributed by atoms with E-state index in [1.165, 1.54) is 12.0 Å². The number of benzene rings is 2. The lowest BCUT2D eigenvalue weighted by Gasteiger charge is -2.49. The molecule has 4 atom stereocenters. The number of nitrogens with zero attached hydrogens (tertiary/aromatic N) is 1. The third-order valence-corrected chi connectivity index (χ3v) is 6.31. The van der Waals surface area contributed by atoms with Gasteiger partial charge in [0, 0.05) is 13.5 Å². The normalized spacial score (nSPS) is 15.8. The molecule has 0 aliphatic carbocycles. The van der Waals surface area contributed by atoms with Crippen molar-refractivity contribution in [3.8, 4) is 0 Å². The van der Waals surface area contributed by atoms with E-state index >= 15 is 0 Å². The molecule has 0 aromatic heterocycles. The molecular formula is C31H47N3O6. The molecule has 0 fully saturated rings. The Labute approximate surface area is 239 Å². The van der Waals surface area contributed by atoms with E-state index in [2.05, 4.69) is 5.32 Å². The summed E-state index contributed by atoms with van der Waals surface area (Å²) in [6.45, 7) is 12.1. The van der Waals surface area contributed by atoms with Gasteiger partial charge in [-0.2, -0.15) is 0 Å². The van der Waals surface area contributed by atoms with Gasteiger partial charge in [-0.3, -0.25) is 10.2 Å². The SMILES string of the molecule is COC(C)C(N)(Cc1ccccc1)N(C(=O)OC(C)(C)C)C(NC(=O)OC(C)(C)C)C(O)CCc1ccccc1. The predicted molar refractivity (Wildman–Crippen MR) is 156 cm³/mol. The van der Waals surface area contributed by atoms with Gasteiger partial charge >= 0.3 is 12.2 Å². The monoisotopic (exact) mass is 557 g/mol. The van der Waals surface area contributed by atoms with Gasteiger partial charge in [0.2, 0.25) is 0 Å². The van der Waals surface area contributed by atoms with E-state index in [4.69, 9.17) is 19.9 Å². The van der Waals surface area contributed by atoms with Crippen molar-refractivity contribution < 1.29 is 28.9 Å². The van der Waals surface area contributed by atoms with Gasteiger partial charge in [-0.25, -0.2) is 9.59 Å². The molecular weight excluding hydrogens is 510 g/mol. The van der Waals surface area contributed by atoms with Gasteiger partial charge in [0.25, 0.3) is 0 Å². The van der Waals surface area contributed by atoms with Gasteiger partial charge < -0.3 is 25.1 Å². The van der Waals surface area contributed by atoms with Crippen molar-refractivity contribution in [1.29, 1.82) is 0 Å². The van der Waals surface area contributed by atoms with Crippen LogP contribution in [0.5, 0.6) is 0 Å². The highest BCUT2D eigenvalue weighted by molar-refractivity contribution is 5.73. The Balaban J connectivity index is 2.63. The molecule has 2 aromatic rings. The predicted octanol–water partition coefficient (Wildman–Crippen LogP) is 5.00. The van der Waals surface area contributed by atoms with Gasteiger partial charge in [0.15, 0.2) is 0 Å². The number of aryl methyl sites for hydroxylation is 1. The van der Waals surface area contributed by atoms with Crippen LogP contribution in [0.1, 0.15) is 66.0 Å². The Morgan fingerprint density at radius 3 is 1.88 bits per heavy atom. The van der Waals surface area contributed by atoms with Gasteiger partial charge in [-0.05, 0) is 72.4 Å². The molecule has 2 rings (SSSR count). The lowest BCUT2D eigenvalue weighted by Crippen LogP contribution is -2.73. The fraction of sp³-hybridized carbons (Fsp3) is 0.548. The summed E-state index contributed by atoms with van der Waals surface area (Å²) in [4.78, 5) is 28.3. The van der Waals surface area contributed by atoms with E-state index in [1.54, 1.807) is 48.5 Å². The smallest absolute Gasteiger partial charge is 0.413 e. The van der Waals surface area contributed by atoms with E-state index in [1.807, 2.05) is 60.7 Å². The standard InChI is InChI=1S/C31H47N3O6/c1-22(38-8)31(32,21-24-17-13-10-14-18-24)34(28(37)40-30(5,6)7)26(33-27(36)39-29(2,3)4)25(35)20-19-23-15-11-9-12-16-23/h9-18,22,25-26,35H,19-21,32H2,1-8H3,(H,33,36). The van der Waals surface area contributed by atoms with Crippen LogP contribution in [0.4, 0.5) is 9.59 Å². The summed E-state index contributed by atoms with van der Waals surface area (Å²) in [6.07, 6.45) is -4.03. The van der Waals surface area contributed by atoms with Crippen LogP contribution in [0.3, 0.4) is 0 Å². The van der Waals surface area contributed by atoms with Crippen molar-refractivity contribution >= 4 is 12.2 Å². The van der Waals surface area contributed by atoms with Crippen molar-refractivity contribution in [2.45, 2.75) is 103 Å². The highest BCUT2D eigenvalue weighted by Crippen LogP contribution is 2.29. The minimum absolute atomic E-state index is 0.153. The molecule has 0 saturated heterocycles. The highest BCUT2D eigenvalue weighted by atomic mass is 16.6. The Morgan fingerprint density at radius 1 is 0.900 bits per heavy atom. The van der Waals surface area contributed by atoms with Crippen molar-refractivity contribution in [1.82, 2.24) is 10.2 Å². The molecule has 0 aliphatic rings. The molecule has 4 unspecified atom stereocenters. The highest BCUT2D eigenvalue weighted by Gasteiger charge is 2.49. The summed E-state index contributed by atoms with van der Waals surface area (Å²) >= 11 is 0. The Kier molecular flexibility index (Phi) is 11.5. The summed E-state index contributed by atoms with van der Waals surface area (Å²) in [5.41, 5.74) is 5.67. The number of aliphatic hydroxyl groups is 1. The Bertz CT molecular complexity index is 1070. The molecule has 9 nitrogen and oxygen atoms in total. The molecule has 0 saturated carbocycles. The van der Waals surface area contributed by atoms with E-state index < -0.39 is 47.4 Å². The number of aliphatic hydroxyl groups excluding tert-OH is 1. The molecule has 4 N–H and O–H groups in total. The molecule has 0 bridgehead atoms. The quantitative estimate of drug-likeness (QED) is 0.332. The number of alkyl carbamates (subject to hydrolysis) is 1. The summed E-state index contributed by atoms with van der Waals surface area (Å²) < 4.78 is 17.0. The van der Waals surface area contributed by atoms with Crippen molar-refractivity contribution in [2.75, 3.05) is 7.11 Å². The average molecular weight is 558 g/mol. The lowest BCUT2D eigenvalue weighted by atomic mass is 9.92. The van der Waals surface area contributed by atoms with Crippen LogP contribution in [0.25, 0.3) is 0 Å². The lowest BCUT2D eigenvalue weighted by molar-refractivity contribution is -0.0980. The Morgan fingerprint density at radius 2 is 1.40 bits per heavy atom. The molecule has 222 valence electrons. The molecule has 0 heterocycles. The number of hydrogen-bond donors (Lipinski definition) is 3. The molecule has 2 aromatic carbocycles. The second-order valence-corrected chi connectivity index (χ2v) is 12.1. The zero-order valence-electron chi connectivity index (χ0n) is 25.1. The van der Waals surface area contributed by atoms with Crippen LogP contribution in [0, 0.1) is 0 Å². The maximum absolute atomic E-state index is 14.0. The van der Waals surface area contributed by atoms with Gasteiger partial charge in [0.05, 0.1) is 12.2 Å². The fourth-order valence-electron chi connectivity index (χ4n) is 4.28. The molecule has 40 heavy (non-hydrogen) atoms. The van der Waals surface area contributed by atoms with Crippen LogP contribution in [0.15, 0.2) is 60.7 Å². The van der Waals surface area contributed by atoms with Crippen molar-refractivity contribution in [2.24, 2.45) is 5.73 Å². The minimum Gasteiger partial charge on any atom is -0.444 e. The summed E-state index contributed by atoms with van der Waals surface area (Å²) in [5.74, 6) is 0. The van der Waals surface area contributed by atoms with Crippen LogP contribution < -0.4 is 11.1 Å². The van der Waals surface area contributed by atoms with Crippen LogP contribution >= 0.6 is 0 Å². The number of nitrogens with two attached hydrogens (primary N) is 1. The molecule has 0 aliphatic heterocycles. The van der Waals surface area contributed by atoms with Gasteiger partial charge in [0.1, 0.15) is 23.0 Å². The summed E-state index contributed by atoms with van der Waals surface area (Å²) in [6, 6.07) is 19.0. The molecule has 2 amide bonds. The van der Waals surface area contributed by atoms with E-state index in [-0.39, 0.29) is 12.8 Å². The van der Waals surface area contributed by atoms with E-state index in [0.717, 1.165) is 11.1 Å².